The van der Waals surface area contributed by atoms with Crippen molar-refractivity contribution in [1.29, 1.82) is 0 Å². The Labute approximate surface area is 133 Å². The number of Topliss-reactive ketones (excluding diaryl/α,β-unsaturated/α-hetero) is 1. The summed E-state index contributed by atoms with van der Waals surface area (Å²) in [6, 6.07) is 6.22. The number of benzene rings is 1. The van der Waals surface area contributed by atoms with Crippen LogP contribution in [0.1, 0.15) is 48.8 Å². The number of sulfone groups is 1. The van der Waals surface area contributed by atoms with E-state index in [2.05, 4.69) is 18.2 Å². The fraction of sp³-hybridized carbons (Fsp3) is 0.611. The minimum absolute atomic E-state index is 0.0698. The van der Waals surface area contributed by atoms with Gasteiger partial charge in [-0.05, 0) is 45.1 Å². The Morgan fingerprint density at radius 1 is 1.05 bits per heavy atom. The molecule has 1 aromatic rings. The van der Waals surface area contributed by atoms with E-state index in [0.29, 0.717) is 19.3 Å². The molecule has 3 nitrogen and oxygen atoms in total. The van der Waals surface area contributed by atoms with Gasteiger partial charge in [-0.25, -0.2) is 8.42 Å². The smallest absolute Gasteiger partial charge is 0.156 e. The van der Waals surface area contributed by atoms with Gasteiger partial charge in [0.25, 0.3) is 0 Å². The summed E-state index contributed by atoms with van der Waals surface area (Å²) in [5.41, 5.74) is 3.40. The van der Waals surface area contributed by atoms with E-state index in [4.69, 9.17) is 0 Å². The third-order valence-electron chi connectivity index (χ3n) is 5.19. The molecule has 0 saturated carbocycles. The molecule has 1 aromatic carbocycles. The van der Waals surface area contributed by atoms with E-state index >= 15 is 0 Å². The van der Waals surface area contributed by atoms with Crippen molar-refractivity contribution in [3.05, 3.63) is 34.9 Å². The van der Waals surface area contributed by atoms with E-state index in [1.165, 1.54) is 11.1 Å². The van der Waals surface area contributed by atoms with E-state index < -0.39 is 9.84 Å². The Kier molecular flexibility index (Phi) is 4.15. The number of rotatable bonds is 3. The highest BCUT2D eigenvalue weighted by molar-refractivity contribution is 7.92. The van der Waals surface area contributed by atoms with Crippen LogP contribution in [0.5, 0.6) is 0 Å². The quantitative estimate of drug-likeness (QED) is 0.859. The number of aryl methyl sites for hydroxylation is 2. The molecule has 0 N–H and O–H groups in total. The van der Waals surface area contributed by atoms with Crippen molar-refractivity contribution in [2.24, 2.45) is 5.92 Å². The maximum absolute atomic E-state index is 12.6. The second-order valence-electron chi connectivity index (χ2n) is 7.07. The largest absolute Gasteiger partial charge is 0.299 e. The summed E-state index contributed by atoms with van der Waals surface area (Å²) >= 11 is 0. The second kappa shape index (κ2) is 5.80. The number of hydrogen-bond donors (Lipinski definition) is 0. The highest BCUT2D eigenvalue weighted by atomic mass is 32.2. The minimum Gasteiger partial charge on any atom is -0.299 e. The molecule has 4 heteroatoms. The number of ketones is 1. The van der Waals surface area contributed by atoms with Gasteiger partial charge in [-0.2, -0.15) is 0 Å². The lowest BCUT2D eigenvalue weighted by Gasteiger charge is -2.38. The molecule has 0 aliphatic carbocycles. The molecule has 2 unspecified atom stereocenters. The van der Waals surface area contributed by atoms with E-state index in [1.54, 1.807) is 0 Å². The first-order valence-corrected chi connectivity index (χ1v) is 9.80. The van der Waals surface area contributed by atoms with Crippen LogP contribution in [0.4, 0.5) is 0 Å². The van der Waals surface area contributed by atoms with Gasteiger partial charge in [0.2, 0.25) is 0 Å². The lowest BCUT2D eigenvalue weighted by atomic mass is 9.84. The molecule has 2 bridgehead atoms. The molecule has 2 atom stereocenters. The van der Waals surface area contributed by atoms with Crippen molar-refractivity contribution >= 4 is 15.6 Å². The summed E-state index contributed by atoms with van der Waals surface area (Å²) in [4.78, 5) is 12.6. The van der Waals surface area contributed by atoms with Crippen LogP contribution < -0.4 is 0 Å². The molecule has 2 aliphatic heterocycles. The first kappa shape index (κ1) is 15.7. The van der Waals surface area contributed by atoms with Crippen LogP contribution in [0.3, 0.4) is 0 Å². The fourth-order valence-corrected chi connectivity index (χ4v) is 6.72. The first-order valence-electron chi connectivity index (χ1n) is 8.19. The average Bonchev–Trinajstić information content (AvgIpc) is 2.35. The van der Waals surface area contributed by atoms with Gasteiger partial charge in [-0.15, -0.1) is 0 Å². The maximum atomic E-state index is 12.6. The van der Waals surface area contributed by atoms with E-state index in [0.717, 1.165) is 24.8 Å². The lowest BCUT2D eigenvalue weighted by Crippen LogP contribution is -2.45. The molecule has 0 spiro atoms. The monoisotopic (exact) mass is 320 g/mol. The Morgan fingerprint density at radius 3 is 2.14 bits per heavy atom. The zero-order valence-electron chi connectivity index (χ0n) is 13.3. The molecule has 22 heavy (non-hydrogen) atoms. The highest BCUT2D eigenvalue weighted by Crippen LogP contribution is 2.40. The van der Waals surface area contributed by atoms with Gasteiger partial charge >= 0.3 is 0 Å². The number of fused-ring (bicyclic) bond motifs is 2. The Balaban J connectivity index is 1.74. The van der Waals surface area contributed by atoms with E-state index in [-0.39, 0.29) is 22.2 Å². The summed E-state index contributed by atoms with van der Waals surface area (Å²) in [5, 5.41) is -0.540. The summed E-state index contributed by atoms with van der Waals surface area (Å²) in [7, 11) is -2.97. The van der Waals surface area contributed by atoms with Crippen LogP contribution in [0, 0.1) is 19.8 Å². The molecule has 2 saturated heterocycles. The zero-order valence-corrected chi connectivity index (χ0v) is 14.2. The predicted octanol–water partition coefficient (Wildman–Crippen LogP) is 3.16. The average molecular weight is 320 g/mol. The van der Waals surface area contributed by atoms with Gasteiger partial charge in [0.15, 0.2) is 9.84 Å². The summed E-state index contributed by atoms with van der Waals surface area (Å²) in [5.74, 6) is 0.149. The van der Waals surface area contributed by atoms with Crippen molar-refractivity contribution < 1.29 is 13.2 Å². The Bertz CT molecular complexity index is 650. The van der Waals surface area contributed by atoms with E-state index in [9.17, 15) is 13.2 Å². The number of carbonyl (C=O) groups excluding carboxylic acids is 1. The number of carbonyl (C=O) groups is 1. The summed E-state index contributed by atoms with van der Waals surface area (Å²) in [6.07, 6.45) is 4.00. The van der Waals surface area contributed by atoms with Crippen LogP contribution in [0.2, 0.25) is 0 Å². The highest BCUT2D eigenvalue weighted by Gasteiger charge is 2.45. The molecule has 120 valence electrons. The minimum atomic E-state index is -2.97. The van der Waals surface area contributed by atoms with Crippen LogP contribution in [-0.4, -0.2) is 24.7 Å². The molecule has 2 aliphatic rings. The molecule has 0 aromatic heterocycles. The molecular formula is C18H24O3S. The topological polar surface area (TPSA) is 51.2 Å². The van der Waals surface area contributed by atoms with Gasteiger partial charge in [0.05, 0.1) is 10.5 Å². The van der Waals surface area contributed by atoms with Gasteiger partial charge in [0, 0.05) is 12.3 Å². The molecule has 0 radical (unpaired) electrons. The molecule has 3 rings (SSSR count). The standard InChI is InChI=1S/C18H24O3S/c1-12-6-13(2)8-14(7-12)9-18(19)15-10-16-4-3-5-17(11-15)22(16,20)21/h6-8,15-17H,3-5,9-11H2,1-2H3. The lowest BCUT2D eigenvalue weighted by molar-refractivity contribution is -0.122. The van der Waals surface area contributed by atoms with Gasteiger partial charge in [-0.1, -0.05) is 35.7 Å². The summed E-state index contributed by atoms with van der Waals surface area (Å²) in [6.45, 7) is 4.08. The van der Waals surface area contributed by atoms with Crippen LogP contribution >= 0.6 is 0 Å². The van der Waals surface area contributed by atoms with Crippen molar-refractivity contribution in [3.8, 4) is 0 Å². The normalized spacial score (nSPS) is 30.0. The Morgan fingerprint density at radius 2 is 1.59 bits per heavy atom. The number of hydrogen-bond acceptors (Lipinski definition) is 3. The zero-order chi connectivity index (χ0) is 15.9. The maximum Gasteiger partial charge on any atom is 0.156 e. The van der Waals surface area contributed by atoms with Crippen molar-refractivity contribution in [1.82, 2.24) is 0 Å². The third kappa shape index (κ3) is 2.98. The fourth-order valence-electron chi connectivity index (χ4n) is 4.19. The SMILES string of the molecule is Cc1cc(C)cc(CC(=O)C2CC3CCCC(C2)S3(=O)=O)c1. The van der Waals surface area contributed by atoms with Crippen LogP contribution in [0.25, 0.3) is 0 Å². The van der Waals surface area contributed by atoms with Crippen molar-refractivity contribution in [3.63, 3.8) is 0 Å². The van der Waals surface area contributed by atoms with Gasteiger partial charge in [0.1, 0.15) is 5.78 Å². The second-order valence-corrected chi connectivity index (χ2v) is 9.58. The van der Waals surface area contributed by atoms with Crippen molar-refractivity contribution in [2.75, 3.05) is 0 Å². The molecule has 2 heterocycles. The molecular weight excluding hydrogens is 296 g/mol. The third-order valence-corrected chi connectivity index (χ3v) is 7.91. The van der Waals surface area contributed by atoms with Crippen LogP contribution in [0.15, 0.2) is 18.2 Å². The van der Waals surface area contributed by atoms with Gasteiger partial charge in [-0.3, -0.25) is 4.79 Å². The first-order chi connectivity index (χ1) is 10.4. The Hall–Kier alpha value is -1.16. The molecule has 0 amide bonds. The van der Waals surface area contributed by atoms with Gasteiger partial charge < -0.3 is 0 Å². The van der Waals surface area contributed by atoms with Crippen LogP contribution in [-0.2, 0) is 21.1 Å². The van der Waals surface area contributed by atoms with E-state index in [1.807, 2.05) is 13.8 Å². The predicted molar refractivity (Wildman–Crippen MR) is 87.7 cm³/mol. The van der Waals surface area contributed by atoms with Crippen molar-refractivity contribution in [2.45, 2.75) is 62.9 Å². The summed E-state index contributed by atoms with van der Waals surface area (Å²) < 4.78 is 24.6. The molecule has 2 fully saturated rings.